The summed E-state index contributed by atoms with van der Waals surface area (Å²) < 4.78 is 41.2. The zero-order valence-electron chi connectivity index (χ0n) is 37.4. The van der Waals surface area contributed by atoms with Gasteiger partial charge in [0.15, 0.2) is 0 Å². The number of nitrogens with zero attached hydrogens (tertiary/aromatic N) is 2. The molecule has 0 unspecified atom stereocenters. The van der Waals surface area contributed by atoms with Crippen molar-refractivity contribution < 1.29 is 27.8 Å². The fourth-order valence-electron chi connectivity index (χ4n) is 6.67. The van der Waals surface area contributed by atoms with Crippen molar-refractivity contribution in [1.82, 2.24) is 9.97 Å². The minimum absolute atomic E-state index is 0.286. The van der Waals surface area contributed by atoms with E-state index in [2.05, 4.69) is 106 Å². The highest BCUT2D eigenvalue weighted by molar-refractivity contribution is 7.53. The number of ether oxygens (including phenoxy) is 3. The zero-order valence-corrected chi connectivity index (χ0v) is 40.0. The highest BCUT2D eigenvalue weighted by Crippen LogP contribution is 2.51. The van der Waals surface area contributed by atoms with Gasteiger partial charge in [-0.1, -0.05) is 78.9 Å². The van der Waals surface area contributed by atoms with Crippen LogP contribution in [-0.4, -0.2) is 44.5 Å². The van der Waals surface area contributed by atoms with Gasteiger partial charge in [0.1, 0.15) is 27.3 Å². The molecule has 0 bridgehead atoms. The normalized spacial score (nSPS) is 11.3. The van der Waals surface area contributed by atoms with Gasteiger partial charge in [-0.15, -0.1) is 22.7 Å². The third-order valence-electron chi connectivity index (χ3n) is 10.0. The maximum absolute atomic E-state index is 12.6. The molecule has 0 saturated heterocycles. The van der Waals surface area contributed by atoms with E-state index in [-0.39, 0.29) is 6.16 Å². The summed E-state index contributed by atoms with van der Waals surface area (Å²) in [5, 5.41) is 2.06. The molecule has 2 heterocycles. The predicted octanol–water partition coefficient (Wildman–Crippen LogP) is 14.8. The topological polar surface area (TPSA) is 89.0 Å². The molecule has 8 nitrogen and oxygen atoms in total. The molecule has 8 aromatic rings. The van der Waals surface area contributed by atoms with E-state index in [0.29, 0.717) is 13.2 Å². The quantitative estimate of drug-likeness (QED) is 0.0835. The van der Waals surface area contributed by atoms with E-state index >= 15 is 0 Å². The zero-order chi connectivity index (χ0) is 44.9. The minimum atomic E-state index is -3.07. The Hall–Kier alpha value is -5.61. The maximum atomic E-state index is 12.6. The molecule has 11 heteroatoms. The van der Waals surface area contributed by atoms with Crippen LogP contribution in [0.1, 0.15) is 52.8 Å². The van der Waals surface area contributed by atoms with E-state index in [1.807, 2.05) is 69.3 Å². The SMILES string of the molecule is CCOP(=O)(Cc1ccc(-c2nc3ccc(C)cc3s2)cc1)OCC.COc1ccc(/C=C/c2ccc(-c3nc4ccc(C)cc4s3)cc2)c(C)c1.COc1ccc(OC)c(C)c1. The van der Waals surface area contributed by atoms with Gasteiger partial charge in [-0.3, -0.25) is 4.57 Å². The van der Waals surface area contributed by atoms with Crippen LogP contribution >= 0.6 is 30.3 Å². The Morgan fingerprint density at radius 1 is 0.556 bits per heavy atom. The molecule has 8 rings (SSSR count). The number of hydrogen-bond donors (Lipinski definition) is 0. The average Bonchev–Trinajstić information content (AvgIpc) is 3.91. The Morgan fingerprint density at radius 2 is 1.06 bits per heavy atom. The maximum Gasteiger partial charge on any atom is 0.335 e. The summed E-state index contributed by atoms with van der Waals surface area (Å²) in [6.45, 7) is 12.7. The lowest BCUT2D eigenvalue weighted by molar-refractivity contribution is 0.219. The number of fused-ring (bicyclic) bond motifs is 2. The third-order valence-corrected chi connectivity index (χ3v) is 14.2. The van der Waals surface area contributed by atoms with Gasteiger partial charge >= 0.3 is 7.60 Å². The van der Waals surface area contributed by atoms with E-state index < -0.39 is 7.60 Å². The highest BCUT2D eigenvalue weighted by Gasteiger charge is 2.24. The van der Waals surface area contributed by atoms with Crippen LogP contribution in [0.2, 0.25) is 0 Å². The van der Waals surface area contributed by atoms with Crippen molar-refractivity contribution in [3.05, 3.63) is 160 Å². The van der Waals surface area contributed by atoms with Crippen molar-refractivity contribution in [2.75, 3.05) is 34.5 Å². The predicted molar refractivity (Wildman–Crippen MR) is 265 cm³/mol. The van der Waals surface area contributed by atoms with Crippen LogP contribution in [0.4, 0.5) is 0 Å². The van der Waals surface area contributed by atoms with E-state index in [9.17, 15) is 4.57 Å². The smallest absolute Gasteiger partial charge is 0.335 e. The van der Waals surface area contributed by atoms with E-state index in [0.717, 1.165) is 60.6 Å². The van der Waals surface area contributed by atoms with Gasteiger partial charge in [0.2, 0.25) is 0 Å². The number of hydrogen-bond acceptors (Lipinski definition) is 10. The number of aromatic nitrogens is 2. The summed E-state index contributed by atoms with van der Waals surface area (Å²) in [5.41, 5.74) is 12.4. The second kappa shape index (κ2) is 22.1. The molecule has 0 aliphatic rings. The molecule has 0 N–H and O–H groups in total. The van der Waals surface area contributed by atoms with Gasteiger partial charge in [0, 0.05) is 11.1 Å². The summed E-state index contributed by atoms with van der Waals surface area (Å²) in [4.78, 5) is 9.47. The van der Waals surface area contributed by atoms with Crippen LogP contribution in [0.5, 0.6) is 17.2 Å². The number of rotatable bonds is 13. The molecule has 0 fully saturated rings. The molecule has 6 aromatic carbocycles. The average molecular weight is 899 g/mol. The Bertz CT molecular complexity index is 2820. The first-order valence-electron chi connectivity index (χ1n) is 20.8. The summed E-state index contributed by atoms with van der Waals surface area (Å²) >= 11 is 3.43. The molecule has 0 radical (unpaired) electrons. The molecule has 0 saturated carbocycles. The molecule has 326 valence electrons. The largest absolute Gasteiger partial charge is 0.497 e. The van der Waals surface area contributed by atoms with Crippen molar-refractivity contribution in [3.8, 4) is 38.4 Å². The van der Waals surface area contributed by atoms with E-state index in [1.54, 1.807) is 44.0 Å². The third kappa shape index (κ3) is 12.7. The van der Waals surface area contributed by atoms with Crippen LogP contribution in [-0.2, 0) is 19.8 Å². The van der Waals surface area contributed by atoms with Gasteiger partial charge in [-0.2, -0.15) is 0 Å². The first-order valence-corrected chi connectivity index (χ1v) is 24.1. The lowest BCUT2D eigenvalue weighted by Crippen LogP contribution is -1.99. The molecule has 0 amide bonds. The lowest BCUT2D eigenvalue weighted by Gasteiger charge is -2.17. The van der Waals surface area contributed by atoms with Crippen LogP contribution in [0.25, 0.3) is 53.7 Å². The van der Waals surface area contributed by atoms with Crippen LogP contribution < -0.4 is 14.2 Å². The summed E-state index contributed by atoms with van der Waals surface area (Å²) in [6.07, 6.45) is 4.57. The van der Waals surface area contributed by atoms with Crippen LogP contribution in [0.3, 0.4) is 0 Å². The summed E-state index contributed by atoms with van der Waals surface area (Å²) in [5.74, 6) is 2.65. The second-order valence-corrected chi connectivity index (χ2v) is 18.9. The van der Waals surface area contributed by atoms with Crippen molar-refractivity contribution in [1.29, 1.82) is 0 Å². The fraction of sp³-hybridized carbons (Fsp3) is 0.231. The monoisotopic (exact) mass is 898 g/mol. The van der Waals surface area contributed by atoms with Crippen molar-refractivity contribution >= 4 is 62.9 Å². The van der Waals surface area contributed by atoms with Gasteiger partial charge in [-0.05, 0) is 135 Å². The van der Waals surface area contributed by atoms with Gasteiger partial charge in [0.05, 0.1) is 61.1 Å². The highest BCUT2D eigenvalue weighted by atomic mass is 32.1. The van der Waals surface area contributed by atoms with Crippen molar-refractivity contribution in [2.24, 2.45) is 0 Å². The molecule has 0 spiro atoms. The summed E-state index contributed by atoms with van der Waals surface area (Å²) in [7, 11) is 1.94. The number of methoxy groups -OCH3 is 3. The molecule has 0 aliphatic heterocycles. The molecule has 0 atom stereocenters. The summed E-state index contributed by atoms with van der Waals surface area (Å²) in [6, 6.07) is 41.1. The number of aryl methyl sites for hydroxylation is 4. The number of thiazole rings is 2. The fourth-order valence-corrected chi connectivity index (χ4v) is 10.5. The van der Waals surface area contributed by atoms with E-state index in [1.165, 1.54) is 37.2 Å². The lowest BCUT2D eigenvalue weighted by atomic mass is 10.1. The van der Waals surface area contributed by atoms with Crippen molar-refractivity contribution in [2.45, 2.75) is 47.7 Å². The molecule has 0 aliphatic carbocycles. The Balaban J connectivity index is 0.000000171. The van der Waals surface area contributed by atoms with Crippen LogP contribution in [0.15, 0.2) is 121 Å². The molecular formula is C52H55N2O6PS2. The molecule has 63 heavy (non-hydrogen) atoms. The second-order valence-electron chi connectivity index (χ2n) is 14.8. The Labute approximate surface area is 379 Å². The Kier molecular flexibility index (Phi) is 16.5. The van der Waals surface area contributed by atoms with Crippen molar-refractivity contribution in [3.63, 3.8) is 0 Å². The van der Waals surface area contributed by atoms with Gasteiger partial charge in [0.25, 0.3) is 0 Å². The van der Waals surface area contributed by atoms with Crippen LogP contribution in [0, 0.1) is 27.7 Å². The van der Waals surface area contributed by atoms with Gasteiger partial charge < -0.3 is 23.3 Å². The Morgan fingerprint density at radius 3 is 1.54 bits per heavy atom. The first-order chi connectivity index (χ1) is 30.4. The first kappa shape index (κ1) is 46.9. The minimum Gasteiger partial charge on any atom is -0.497 e. The number of benzene rings is 6. The van der Waals surface area contributed by atoms with E-state index in [4.69, 9.17) is 33.2 Å². The van der Waals surface area contributed by atoms with Gasteiger partial charge in [-0.25, -0.2) is 9.97 Å². The molecular weight excluding hydrogens is 844 g/mol. The molecule has 2 aromatic heterocycles. The standard InChI is InChI=1S/C24H21NOS.C19H22NO3PS.C9H12O2/c1-16-4-13-22-23(14-16)27-24(25-22)20-9-6-18(7-10-20)5-8-19-11-12-21(26-3)15-17(19)2;1-4-22-24(21,23-5-2)13-15-7-9-16(10-8-15)19-20-17-11-6-14(3)12-18(17)25-19;1-7-6-8(10-2)4-5-9(7)11-3/h4-15H,1-3H3;6-12H,4-5,13H2,1-3H3;4-6H,1-3H3/b8-5+;;.